The maximum Gasteiger partial charge on any atom is 0.255 e. The molecule has 1 aromatic carbocycles. The predicted molar refractivity (Wildman–Crippen MR) is 114 cm³/mol. The number of hydrogen-bond donors (Lipinski definition) is 0. The van der Waals surface area contributed by atoms with Crippen molar-refractivity contribution in [2.24, 2.45) is 11.3 Å². The Balaban J connectivity index is 1.31. The summed E-state index contributed by atoms with van der Waals surface area (Å²) in [6.45, 7) is 0.608. The van der Waals surface area contributed by atoms with Gasteiger partial charge in [0.15, 0.2) is 11.6 Å². The number of likely N-dealkylation sites (tertiary alicyclic amines) is 1. The topological polar surface area (TPSA) is 68.2 Å². The number of benzene rings is 1. The van der Waals surface area contributed by atoms with Gasteiger partial charge >= 0.3 is 0 Å². The lowest BCUT2D eigenvalue weighted by Gasteiger charge is -2.47. The molecule has 0 radical (unpaired) electrons. The highest BCUT2D eigenvalue weighted by Crippen LogP contribution is 2.71. The van der Waals surface area contributed by atoms with Crippen molar-refractivity contribution < 1.29 is 18.3 Å². The molecule has 3 fully saturated rings. The van der Waals surface area contributed by atoms with Gasteiger partial charge in [-0.05, 0) is 52.9 Å². The smallest absolute Gasteiger partial charge is 0.255 e. The first-order chi connectivity index (χ1) is 15.5. The van der Waals surface area contributed by atoms with Crippen molar-refractivity contribution in [2.45, 2.75) is 25.0 Å². The normalized spacial score (nSPS) is 27.3. The number of rotatable bonds is 4. The van der Waals surface area contributed by atoms with Crippen LogP contribution in [0.4, 0.5) is 8.78 Å². The summed E-state index contributed by atoms with van der Waals surface area (Å²) in [6.07, 6.45) is 5.38. The zero-order chi connectivity index (χ0) is 22.0. The predicted octanol–water partition coefficient (Wildman–Crippen LogP) is 4.26. The summed E-state index contributed by atoms with van der Waals surface area (Å²) in [5, 5.41) is 0. The molecule has 3 aliphatic rings. The van der Waals surface area contributed by atoms with E-state index in [1.54, 1.807) is 23.2 Å². The number of ether oxygens (including phenoxy) is 1. The van der Waals surface area contributed by atoms with Gasteiger partial charge in [0.05, 0.1) is 29.6 Å². The van der Waals surface area contributed by atoms with E-state index < -0.39 is 11.6 Å². The van der Waals surface area contributed by atoms with Crippen LogP contribution >= 0.6 is 15.9 Å². The van der Waals surface area contributed by atoms with E-state index in [0.29, 0.717) is 18.3 Å². The number of nitrogens with zero attached hydrogens (tertiary/aromatic N) is 4. The van der Waals surface area contributed by atoms with Crippen molar-refractivity contribution in [1.29, 1.82) is 0 Å². The van der Waals surface area contributed by atoms with Gasteiger partial charge in [0.2, 0.25) is 5.88 Å². The first kappa shape index (κ1) is 19.7. The standard InChI is InChI=1S/C23H17BrF2N4O2/c24-13-4-5-18(27-8-13)32-17-7-23-6-12(23)11-30(20(17)23)22(31)15-2-1-3-16(26)19(15)21-28-9-14(25)10-29-21/h1-5,8-10,12,17,20H,6-7,11H2. The molecular weight excluding hydrogens is 482 g/mol. The average Bonchev–Trinajstić information content (AvgIpc) is 3.43. The molecule has 1 amide bonds. The average molecular weight is 499 g/mol. The Morgan fingerprint density at radius 1 is 1.09 bits per heavy atom. The molecule has 1 aliphatic heterocycles. The Morgan fingerprint density at radius 2 is 1.91 bits per heavy atom. The summed E-state index contributed by atoms with van der Waals surface area (Å²) in [7, 11) is 0. The molecule has 162 valence electrons. The van der Waals surface area contributed by atoms with Crippen LogP contribution in [-0.2, 0) is 0 Å². The fraction of sp³-hybridized carbons (Fsp3) is 0.304. The zero-order valence-corrected chi connectivity index (χ0v) is 18.3. The Bertz CT molecular complexity index is 1220. The van der Waals surface area contributed by atoms with Crippen LogP contribution in [0, 0.1) is 23.0 Å². The molecule has 2 aromatic heterocycles. The van der Waals surface area contributed by atoms with E-state index in [1.807, 2.05) is 6.07 Å². The second-order valence-corrected chi connectivity index (χ2v) is 9.51. The van der Waals surface area contributed by atoms with E-state index in [1.165, 1.54) is 12.1 Å². The Labute approximate surface area is 190 Å². The van der Waals surface area contributed by atoms with E-state index in [-0.39, 0.29) is 40.4 Å². The Morgan fingerprint density at radius 3 is 2.66 bits per heavy atom. The van der Waals surface area contributed by atoms with Crippen LogP contribution in [0.1, 0.15) is 23.2 Å². The third-order valence-corrected chi connectivity index (χ3v) is 7.34. The van der Waals surface area contributed by atoms with E-state index in [0.717, 1.165) is 29.7 Å². The monoisotopic (exact) mass is 498 g/mol. The lowest BCUT2D eigenvalue weighted by Crippen LogP contribution is -2.59. The number of aromatic nitrogens is 3. The van der Waals surface area contributed by atoms with E-state index in [2.05, 4.69) is 30.9 Å². The Kier molecular flexibility index (Phi) is 4.33. The third kappa shape index (κ3) is 2.94. The third-order valence-electron chi connectivity index (χ3n) is 6.88. The number of carbonyl (C=O) groups excluding carboxylic acids is 1. The maximum absolute atomic E-state index is 14.8. The van der Waals surface area contributed by atoms with Crippen LogP contribution in [0.2, 0.25) is 0 Å². The van der Waals surface area contributed by atoms with E-state index in [9.17, 15) is 13.6 Å². The van der Waals surface area contributed by atoms with Crippen molar-refractivity contribution in [3.8, 4) is 17.3 Å². The Hall–Kier alpha value is -2.94. The highest BCUT2D eigenvalue weighted by atomic mass is 79.9. The first-order valence-corrected chi connectivity index (χ1v) is 11.1. The SMILES string of the molecule is O=C(c1cccc(F)c1-c1ncc(F)cn1)N1CC2CC23CC(Oc2ccc(Br)cn2)C13. The van der Waals surface area contributed by atoms with Crippen molar-refractivity contribution in [3.63, 3.8) is 0 Å². The molecule has 0 bridgehead atoms. The van der Waals surface area contributed by atoms with Crippen LogP contribution in [0.5, 0.6) is 5.88 Å². The van der Waals surface area contributed by atoms with Crippen molar-refractivity contribution in [1.82, 2.24) is 19.9 Å². The minimum absolute atomic E-state index is 0.0153. The van der Waals surface area contributed by atoms with Gasteiger partial charge in [-0.1, -0.05) is 6.07 Å². The summed E-state index contributed by atoms with van der Waals surface area (Å²) in [6, 6.07) is 7.86. The number of piperidine rings is 1. The molecule has 9 heteroatoms. The van der Waals surface area contributed by atoms with Crippen LogP contribution < -0.4 is 4.74 Å². The molecule has 2 aliphatic carbocycles. The van der Waals surface area contributed by atoms with Gasteiger partial charge in [-0.15, -0.1) is 0 Å². The number of pyridine rings is 1. The molecular formula is C23H17BrF2N4O2. The highest BCUT2D eigenvalue weighted by Gasteiger charge is 2.76. The van der Waals surface area contributed by atoms with Gasteiger partial charge in [0, 0.05) is 28.7 Å². The van der Waals surface area contributed by atoms with Crippen LogP contribution in [-0.4, -0.2) is 44.4 Å². The fourth-order valence-electron chi connectivity index (χ4n) is 5.37. The van der Waals surface area contributed by atoms with Crippen molar-refractivity contribution in [2.75, 3.05) is 6.54 Å². The summed E-state index contributed by atoms with van der Waals surface area (Å²) in [5.74, 6) is -0.616. The van der Waals surface area contributed by atoms with Crippen molar-refractivity contribution in [3.05, 3.63) is 70.6 Å². The lowest BCUT2D eigenvalue weighted by molar-refractivity contribution is -0.0345. The molecule has 3 heterocycles. The molecule has 32 heavy (non-hydrogen) atoms. The fourth-order valence-corrected chi connectivity index (χ4v) is 5.60. The largest absolute Gasteiger partial charge is 0.472 e. The van der Waals surface area contributed by atoms with Gasteiger partial charge in [0.25, 0.3) is 5.91 Å². The van der Waals surface area contributed by atoms with Gasteiger partial charge in [-0.25, -0.2) is 23.7 Å². The van der Waals surface area contributed by atoms with Gasteiger partial charge in [-0.3, -0.25) is 4.79 Å². The summed E-state index contributed by atoms with van der Waals surface area (Å²) in [5.41, 5.74) is 0.245. The first-order valence-electron chi connectivity index (χ1n) is 10.3. The molecule has 0 N–H and O–H groups in total. The molecule has 1 spiro atoms. The summed E-state index contributed by atoms with van der Waals surface area (Å²) >= 11 is 3.36. The second kappa shape index (κ2) is 7.03. The molecule has 6 nitrogen and oxygen atoms in total. The molecule has 4 atom stereocenters. The van der Waals surface area contributed by atoms with E-state index in [4.69, 9.17) is 4.74 Å². The van der Waals surface area contributed by atoms with Crippen molar-refractivity contribution >= 4 is 21.8 Å². The zero-order valence-electron chi connectivity index (χ0n) is 16.7. The highest BCUT2D eigenvalue weighted by molar-refractivity contribution is 9.10. The molecule has 2 saturated carbocycles. The number of carbonyl (C=O) groups is 1. The van der Waals surface area contributed by atoms with Gasteiger partial charge in [-0.2, -0.15) is 0 Å². The minimum Gasteiger partial charge on any atom is -0.472 e. The summed E-state index contributed by atoms with van der Waals surface area (Å²) < 4.78 is 35.0. The summed E-state index contributed by atoms with van der Waals surface area (Å²) in [4.78, 5) is 27.5. The maximum atomic E-state index is 14.8. The number of amides is 1. The number of halogens is 3. The molecule has 1 saturated heterocycles. The minimum atomic E-state index is -0.629. The quantitative estimate of drug-likeness (QED) is 0.537. The van der Waals surface area contributed by atoms with E-state index >= 15 is 0 Å². The second-order valence-electron chi connectivity index (χ2n) is 8.60. The lowest BCUT2D eigenvalue weighted by atomic mass is 9.73. The van der Waals surface area contributed by atoms with Crippen LogP contribution in [0.25, 0.3) is 11.4 Å². The molecule has 6 rings (SSSR count). The van der Waals surface area contributed by atoms with Crippen LogP contribution in [0.3, 0.4) is 0 Å². The van der Waals surface area contributed by atoms with Gasteiger partial charge < -0.3 is 9.64 Å². The molecule has 3 aromatic rings. The van der Waals surface area contributed by atoms with Gasteiger partial charge in [0.1, 0.15) is 11.9 Å². The number of hydrogen-bond acceptors (Lipinski definition) is 5. The molecule has 4 unspecified atom stereocenters. The van der Waals surface area contributed by atoms with Crippen LogP contribution in [0.15, 0.2) is 53.4 Å².